The maximum Gasteiger partial charge on any atom is 0.228 e. The van der Waals surface area contributed by atoms with E-state index >= 15 is 0 Å². The number of para-hydroxylation sites is 2. The van der Waals surface area contributed by atoms with Crippen LogP contribution in [0, 0.1) is 18.8 Å². The van der Waals surface area contributed by atoms with Crippen LogP contribution in [0.4, 0.5) is 11.4 Å². The lowest BCUT2D eigenvalue weighted by atomic mass is 10.2. The average molecular weight is 386 g/mol. The molecule has 3 aromatic rings. The van der Waals surface area contributed by atoms with Crippen molar-refractivity contribution in [2.75, 3.05) is 10.6 Å². The molecule has 2 atom stereocenters. The Morgan fingerprint density at radius 1 is 0.759 bits per heavy atom. The summed E-state index contributed by atoms with van der Waals surface area (Å²) in [4.78, 5) is 24.9. The number of aryl methyl sites for hydroxylation is 1. The molecular formula is C24H22N2O3. The zero-order valence-electron chi connectivity index (χ0n) is 16.1. The van der Waals surface area contributed by atoms with Crippen LogP contribution in [0.25, 0.3) is 0 Å². The molecule has 0 bridgehead atoms. The molecule has 1 fully saturated rings. The number of hydrogen-bond donors (Lipinski definition) is 2. The highest BCUT2D eigenvalue weighted by Gasteiger charge is 2.48. The average Bonchev–Trinajstić information content (AvgIpc) is 3.53. The molecule has 1 saturated carbocycles. The number of carbonyl (C=O) groups excluding carboxylic acids is 2. The zero-order valence-corrected chi connectivity index (χ0v) is 16.1. The third kappa shape index (κ3) is 4.63. The summed E-state index contributed by atoms with van der Waals surface area (Å²) in [5.41, 5.74) is 2.47. The van der Waals surface area contributed by atoms with Crippen molar-refractivity contribution in [1.29, 1.82) is 0 Å². The summed E-state index contributed by atoms with van der Waals surface area (Å²) in [6.45, 7) is 1.94. The van der Waals surface area contributed by atoms with Crippen LogP contribution < -0.4 is 15.4 Å². The number of rotatable bonds is 6. The highest BCUT2D eigenvalue weighted by Crippen LogP contribution is 2.40. The Morgan fingerprint density at radius 2 is 1.34 bits per heavy atom. The van der Waals surface area contributed by atoms with Crippen molar-refractivity contribution < 1.29 is 14.3 Å². The molecule has 1 aliphatic carbocycles. The molecule has 2 unspecified atom stereocenters. The van der Waals surface area contributed by atoms with Crippen molar-refractivity contribution in [3.63, 3.8) is 0 Å². The Balaban J connectivity index is 1.30. The smallest absolute Gasteiger partial charge is 0.228 e. The highest BCUT2D eigenvalue weighted by atomic mass is 16.5. The number of benzene rings is 3. The quantitative estimate of drug-likeness (QED) is 0.626. The van der Waals surface area contributed by atoms with E-state index in [4.69, 9.17) is 4.74 Å². The Bertz CT molecular complexity index is 1020. The van der Waals surface area contributed by atoms with E-state index < -0.39 is 0 Å². The third-order valence-electron chi connectivity index (χ3n) is 4.97. The summed E-state index contributed by atoms with van der Waals surface area (Å²) in [6, 6.07) is 24.3. The van der Waals surface area contributed by atoms with Crippen LogP contribution in [0.2, 0.25) is 0 Å². The van der Waals surface area contributed by atoms with Gasteiger partial charge in [-0.1, -0.05) is 36.4 Å². The molecule has 5 heteroatoms. The second-order valence-corrected chi connectivity index (χ2v) is 7.18. The second kappa shape index (κ2) is 8.19. The van der Waals surface area contributed by atoms with E-state index in [0.717, 1.165) is 17.0 Å². The monoisotopic (exact) mass is 386 g/mol. The minimum Gasteiger partial charge on any atom is -0.457 e. The second-order valence-electron chi connectivity index (χ2n) is 7.18. The molecule has 0 saturated heterocycles. The fourth-order valence-corrected chi connectivity index (χ4v) is 3.18. The van der Waals surface area contributed by atoms with Crippen LogP contribution in [-0.2, 0) is 9.59 Å². The first-order valence-corrected chi connectivity index (χ1v) is 9.60. The number of carbonyl (C=O) groups is 2. The Morgan fingerprint density at radius 3 is 2.03 bits per heavy atom. The molecule has 2 N–H and O–H groups in total. The number of hydrogen-bond acceptors (Lipinski definition) is 3. The molecule has 0 aliphatic heterocycles. The minimum absolute atomic E-state index is 0.106. The SMILES string of the molecule is Cc1ccccc1NC(=O)C1CC1C(=O)Nc1ccc(Oc2ccccc2)cc1. The summed E-state index contributed by atoms with van der Waals surface area (Å²) in [7, 11) is 0. The van der Waals surface area contributed by atoms with E-state index in [2.05, 4.69) is 10.6 Å². The van der Waals surface area contributed by atoms with Crippen LogP contribution >= 0.6 is 0 Å². The van der Waals surface area contributed by atoms with Crippen LogP contribution in [0.3, 0.4) is 0 Å². The van der Waals surface area contributed by atoms with Crippen molar-refractivity contribution in [2.24, 2.45) is 11.8 Å². The lowest BCUT2D eigenvalue weighted by Gasteiger charge is -2.09. The summed E-state index contributed by atoms with van der Waals surface area (Å²) in [5.74, 6) is 0.633. The molecule has 0 heterocycles. The fraction of sp³-hybridized carbons (Fsp3) is 0.167. The van der Waals surface area contributed by atoms with Gasteiger partial charge in [0.25, 0.3) is 0 Å². The van der Waals surface area contributed by atoms with Gasteiger partial charge in [-0.25, -0.2) is 0 Å². The first-order chi connectivity index (χ1) is 14.1. The van der Waals surface area contributed by atoms with E-state index in [9.17, 15) is 9.59 Å². The lowest BCUT2D eigenvalue weighted by molar-refractivity contribution is -0.122. The van der Waals surface area contributed by atoms with Crippen molar-refractivity contribution >= 4 is 23.2 Å². The Labute approximate surface area is 169 Å². The van der Waals surface area contributed by atoms with Gasteiger partial charge >= 0.3 is 0 Å². The molecule has 4 rings (SSSR count). The molecule has 5 nitrogen and oxygen atoms in total. The van der Waals surface area contributed by atoms with Gasteiger partial charge in [0.1, 0.15) is 11.5 Å². The summed E-state index contributed by atoms with van der Waals surface area (Å²) in [6.07, 6.45) is 0.568. The van der Waals surface area contributed by atoms with Crippen molar-refractivity contribution in [3.8, 4) is 11.5 Å². The van der Waals surface area contributed by atoms with Gasteiger partial charge in [-0.05, 0) is 61.4 Å². The fourth-order valence-electron chi connectivity index (χ4n) is 3.18. The van der Waals surface area contributed by atoms with Gasteiger partial charge in [0, 0.05) is 11.4 Å². The van der Waals surface area contributed by atoms with Crippen molar-refractivity contribution in [2.45, 2.75) is 13.3 Å². The lowest BCUT2D eigenvalue weighted by Crippen LogP contribution is -2.20. The van der Waals surface area contributed by atoms with E-state index in [-0.39, 0.29) is 23.7 Å². The Hall–Kier alpha value is -3.60. The van der Waals surface area contributed by atoms with E-state index in [0.29, 0.717) is 17.9 Å². The van der Waals surface area contributed by atoms with Gasteiger partial charge in [-0.15, -0.1) is 0 Å². The van der Waals surface area contributed by atoms with Crippen molar-refractivity contribution in [3.05, 3.63) is 84.4 Å². The highest BCUT2D eigenvalue weighted by molar-refractivity contribution is 6.03. The maximum absolute atomic E-state index is 12.5. The van der Waals surface area contributed by atoms with Crippen LogP contribution in [-0.4, -0.2) is 11.8 Å². The number of ether oxygens (including phenoxy) is 1. The van der Waals surface area contributed by atoms with E-state index in [1.54, 1.807) is 24.3 Å². The summed E-state index contributed by atoms with van der Waals surface area (Å²) < 4.78 is 5.75. The van der Waals surface area contributed by atoms with Crippen LogP contribution in [0.1, 0.15) is 12.0 Å². The zero-order chi connectivity index (χ0) is 20.2. The molecule has 3 aromatic carbocycles. The summed E-state index contributed by atoms with van der Waals surface area (Å²) in [5, 5.41) is 5.80. The number of anilines is 2. The van der Waals surface area contributed by atoms with Gasteiger partial charge in [0.05, 0.1) is 11.8 Å². The molecule has 0 radical (unpaired) electrons. The topological polar surface area (TPSA) is 67.4 Å². The predicted molar refractivity (Wildman–Crippen MR) is 113 cm³/mol. The molecule has 0 spiro atoms. The van der Waals surface area contributed by atoms with Gasteiger partial charge in [0.2, 0.25) is 11.8 Å². The van der Waals surface area contributed by atoms with Gasteiger partial charge in [-0.2, -0.15) is 0 Å². The molecule has 1 aliphatic rings. The normalized spacial score (nSPS) is 17.3. The van der Waals surface area contributed by atoms with Gasteiger partial charge in [-0.3, -0.25) is 9.59 Å². The summed E-state index contributed by atoms with van der Waals surface area (Å²) >= 11 is 0. The number of amides is 2. The predicted octanol–water partition coefficient (Wildman–Crippen LogP) is 5.00. The minimum atomic E-state index is -0.292. The van der Waals surface area contributed by atoms with Crippen LogP contribution in [0.15, 0.2) is 78.9 Å². The molecule has 2 amide bonds. The van der Waals surface area contributed by atoms with Crippen LogP contribution in [0.5, 0.6) is 11.5 Å². The molecule has 146 valence electrons. The van der Waals surface area contributed by atoms with Gasteiger partial charge < -0.3 is 15.4 Å². The molecule has 29 heavy (non-hydrogen) atoms. The molecular weight excluding hydrogens is 364 g/mol. The molecule has 0 aromatic heterocycles. The standard InChI is InChI=1S/C24H22N2O3/c1-16-7-5-6-10-22(16)26-24(28)21-15-20(21)23(27)25-17-11-13-19(14-12-17)29-18-8-3-2-4-9-18/h2-14,20-21H,15H2,1H3,(H,25,27)(H,26,28). The Kier molecular flexibility index (Phi) is 5.29. The van der Waals surface area contributed by atoms with E-state index in [1.807, 2.05) is 61.5 Å². The van der Waals surface area contributed by atoms with E-state index in [1.165, 1.54) is 0 Å². The largest absolute Gasteiger partial charge is 0.457 e. The number of nitrogens with one attached hydrogen (secondary N) is 2. The first kappa shape index (κ1) is 18.7. The van der Waals surface area contributed by atoms with Crippen molar-refractivity contribution in [1.82, 2.24) is 0 Å². The maximum atomic E-state index is 12.5. The van der Waals surface area contributed by atoms with Gasteiger partial charge in [0.15, 0.2) is 0 Å². The first-order valence-electron chi connectivity index (χ1n) is 9.60. The third-order valence-corrected chi connectivity index (χ3v) is 4.97.